The fourth-order valence-corrected chi connectivity index (χ4v) is 8.64. The Kier molecular flexibility index (Phi) is 12.1. The molecule has 4 aliphatic heterocycles. The van der Waals surface area contributed by atoms with Gasteiger partial charge < -0.3 is 15.1 Å². The van der Waals surface area contributed by atoms with Gasteiger partial charge >= 0.3 is 29.8 Å². The van der Waals surface area contributed by atoms with E-state index in [0.717, 1.165) is 67.0 Å². The van der Waals surface area contributed by atoms with Gasteiger partial charge in [0, 0.05) is 61.9 Å². The van der Waals surface area contributed by atoms with Crippen molar-refractivity contribution in [3.05, 3.63) is 166 Å². The second-order valence-electron chi connectivity index (χ2n) is 16.6. The van der Waals surface area contributed by atoms with Crippen LogP contribution in [0.1, 0.15) is 24.0 Å². The van der Waals surface area contributed by atoms with E-state index in [9.17, 15) is 40.7 Å². The van der Waals surface area contributed by atoms with E-state index in [0.29, 0.717) is 52.8 Å². The van der Waals surface area contributed by atoms with Crippen molar-refractivity contribution in [3.8, 4) is 28.6 Å². The van der Waals surface area contributed by atoms with Gasteiger partial charge in [0.25, 0.3) is 0 Å². The molecule has 0 radical (unpaired) electrons. The Balaban J connectivity index is 0.000000128. The lowest BCUT2D eigenvalue weighted by molar-refractivity contribution is -0.138. The van der Waals surface area contributed by atoms with Crippen LogP contribution < -0.4 is 36.7 Å². The summed E-state index contributed by atoms with van der Waals surface area (Å²) in [5, 5.41) is 6.10. The van der Waals surface area contributed by atoms with Gasteiger partial charge in [-0.15, -0.1) is 0 Å². The number of halogens is 6. The van der Waals surface area contributed by atoms with Gasteiger partial charge in [0.05, 0.1) is 40.9 Å². The lowest BCUT2D eigenvalue weighted by Gasteiger charge is -2.35. The molecule has 6 aromatic heterocycles. The van der Waals surface area contributed by atoms with Crippen LogP contribution in [0.2, 0.25) is 0 Å². The summed E-state index contributed by atoms with van der Waals surface area (Å²) in [5.41, 5.74) is -0.0648. The van der Waals surface area contributed by atoms with Crippen LogP contribution in [0.15, 0.2) is 144 Å². The topological polar surface area (TPSA) is 185 Å². The molecule has 71 heavy (non-hydrogen) atoms. The Morgan fingerprint density at radius 2 is 1.31 bits per heavy atom. The zero-order valence-electron chi connectivity index (χ0n) is 37.0. The molecular weight excluding hydrogens is 935 g/mol. The molecule has 2 atom stereocenters. The summed E-state index contributed by atoms with van der Waals surface area (Å²) in [4.78, 5) is 72.4. The molecule has 10 heterocycles. The number of alkyl halides is 6. The second-order valence-corrected chi connectivity index (χ2v) is 16.6. The average Bonchev–Trinajstić information content (AvgIpc) is 3.98. The van der Waals surface area contributed by atoms with Crippen LogP contribution in [0.25, 0.3) is 34.2 Å². The van der Waals surface area contributed by atoms with Crippen LogP contribution in [-0.4, -0.2) is 88.1 Å². The lowest BCUT2D eigenvalue weighted by atomic mass is 10.1. The number of carbonyl (C=O) groups is 1. The number of rotatable bonds is 4. The summed E-state index contributed by atoms with van der Waals surface area (Å²) < 4.78 is 80.0. The van der Waals surface area contributed by atoms with Crippen LogP contribution in [0.4, 0.5) is 60.0 Å². The number of anilines is 5. The van der Waals surface area contributed by atoms with E-state index >= 15 is 0 Å². The third-order valence-electron chi connectivity index (χ3n) is 12.0. The first-order chi connectivity index (χ1) is 34.2. The first-order valence-electron chi connectivity index (χ1n) is 22.1. The average molecular weight is 973 g/mol. The van der Waals surface area contributed by atoms with Crippen molar-refractivity contribution in [1.82, 2.24) is 43.9 Å². The van der Waals surface area contributed by atoms with E-state index in [1.807, 2.05) is 0 Å². The zero-order chi connectivity index (χ0) is 49.4. The highest BCUT2D eigenvalue weighted by Gasteiger charge is 2.41. The molecule has 4 bridgehead atoms. The van der Waals surface area contributed by atoms with Crippen LogP contribution >= 0.6 is 0 Å². The predicted molar refractivity (Wildman–Crippen MR) is 250 cm³/mol. The van der Waals surface area contributed by atoms with Crippen molar-refractivity contribution in [3.63, 3.8) is 0 Å². The summed E-state index contributed by atoms with van der Waals surface area (Å²) in [6.07, 6.45) is 0.861. The first-order valence-corrected chi connectivity index (χ1v) is 22.1. The van der Waals surface area contributed by atoms with Gasteiger partial charge in [-0.2, -0.15) is 35.9 Å². The molecule has 0 aliphatic carbocycles. The van der Waals surface area contributed by atoms with E-state index < -0.39 is 34.9 Å². The molecule has 23 heteroatoms. The van der Waals surface area contributed by atoms with Crippen molar-refractivity contribution < 1.29 is 31.1 Å². The number of urea groups is 1. The standard InChI is InChI=1S/C21H17F3N6O.C15H13F3N4.C12H8N4O2/c22-21(23,24)14-5-3-4-13(10-14)18-26-11-16-19(28-18)30(15-7-9-29(16)12-15)20(31)27-17-6-1-2-8-25-17;16-15(17,18)10-3-1-2-9(6-10)13-19-7-12-14(21-13)20-11-4-5-22(12)8-11;17-11-14-10-6-2-4-8-15(10)12(18)16(11)9-5-1-3-7-13-9/h1-6,8,10-11,15H,7,9,12H2,(H,25,27,31);1-3,6-7,11H,4-5,8H2,(H,19,20,21);1-8H/t15-;11-;/m00./s1. The minimum Gasteiger partial charge on any atom is -0.365 e. The van der Waals surface area contributed by atoms with Crippen molar-refractivity contribution in [2.45, 2.75) is 37.3 Å². The van der Waals surface area contributed by atoms with Gasteiger partial charge in [0.15, 0.2) is 23.3 Å². The molecule has 8 aromatic rings. The van der Waals surface area contributed by atoms with Gasteiger partial charge in [0.2, 0.25) is 0 Å². The van der Waals surface area contributed by atoms with Gasteiger partial charge in [-0.3, -0.25) is 14.6 Å². The van der Waals surface area contributed by atoms with Crippen molar-refractivity contribution in [1.29, 1.82) is 0 Å². The van der Waals surface area contributed by atoms with Gasteiger partial charge in [-0.05, 0) is 73.5 Å². The molecule has 2 amide bonds. The Morgan fingerprint density at radius 3 is 1.99 bits per heavy atom. The number of nitrogens with one attached hydrogen (secondary N) is 2. The fourth-order valence-electron chi connectivity index (χ4n) is 8.64. The Hall–Kier alpha value is -8.76. The number of pyridine rings is 3. The summed E-state index contributed by atoms with van der Waals surface area (Å²) in [7, 11) is 0. The predicted octanol–water partition coefficient (Wildman–Crippen LogP) is 7.60. The summed E-state index contributed by atoms with van der Waals surface area (Å²) in [6, 6.07) is 25.0. The van der Waals surface area contributed by atoms with Crippen LogP contribution in [0.5, 0.6) is 0 Å². The molecule has 17 nitrogen and oxygen atoms in total. The molecule has 0 spiro atoms. The zero-order valence-corrected chi connectivity index (χ0v) is 37.0. The number of hydrogen-bond donors (Lipinski definition) is 2. The number of benzene rings is 2. The molecule has 360 valence electrons. The highest BCUT2D eigenvalue weighted by molar-refractivity contribution is 6.04. The van der Waals surface area contributed by atoms with Crippen LogP contribution in [0, 0.1) is 0 Å². The first kappa shape index (κ1) is 46.0. The molecule has 0 saturated carbocycles. The number of amides is 2. The second kappa shape index (κ2) is 18.6. The van der Waals surface area contributed by atoms with Crippen LogP contribution in [-0.2, 0) is 12.4 Å². The molecular formula is C48H38F6N14O3. The molecule has 2 saturated heterocycles. The third kappa shape index (κ3) is 9.52. The van der Waals surface area contributed by atoms with Gasteiger partial charge in [0.1, 0.15) is 17.3 Å². The molecule has 2 fully saturated rings. The Morgan fingerprint density at radius 1 is 0.662 bits per heavy atom. The minimum absolute atomic E-state index is 0.0968. The monoisotopic (exact) mass is 972 g/mol. The number of carbonyl (C=O) groups excluding carboxylic acids is 1. The van der Waals surface area contributed by atoms with Crippen molar-refractivity contribution in [2.24, 2.45) is 0 Å². The fraction of sp³-hybridized carbons (Fsp3) is 0.208. The number of aromatic nitrogens is 9. The molecule has 2 N–H and O–H groups in total. The summed E-state index contributed by atoms with van der Waals surface area (Å²) in [6.45, 7) is 3.28. The molecule has 4 aliphatic rings. The highest BCUT2D eigenvalue weighted by atomic mass is 19.4. The summed E-state index contributed by atoms with van der Waals surface area (Å²) in [5.74, 6) is 2.18. The largest absolute Gasteiger partial charge is 0.416 e. The van der Waals surface area contributed by atoms with E-state index in [2.05, 4.69) is 55.3 Å². The van der Waals surface area contributed by atoms with Gasteiger partial charge in [-0.1, -0.05) is 42.5 Å². The summed E-state index contributed by atoms with van der Waals surface area (Å²) >= 11 is 0. The Labute approximate surface area is 398 Å². The number of hydrogen-bond acceptors (Lipinski definition) is 13. The SMILES string of the molecule is FC(F)(F)c1cccc(-c2ncc3c(n2)N[C@H]2CCN3C2)c1.O=C(Nc1ccccn1)N1c2nc(-c3cccc(C(F)(F)F)c3)ncc2N2CC[C@H]1C2.O=c1nc2ccccn2c(=O)n1-c1ccccn1. The minimum atomic E-state index is -4.47. The van der Waals surface area contributed by atoms with Crippen LogP contribution in [0.3, 0.4) is 0 Å². The van der Waals surface area contributed by atoms with E-state index in [1.54, 1.807) is 90.4 Å². The van der Waals surface area contributed by atoms with Gasteiger partial charge in [-0.25, -0.2) is 44.3 Å². The van der Waals surface area contributed by atoms with Crippen molar-refractivity contribution in [2.75, 3.05) is 51.5 Å². The number of nitrogens with zero attached hydrogens (tertiary/aromatic N) is 12. The quantitative estimate of drug-likeness (QED) is 0.165. The normalized spacial score (nSPS) is 16.5. The highest BCUT2D eigenvalue weighted by Crippen LogP contribution is 2.41. The van der Waals surface area contributed by atoms with E-state index in [-0.39, 0.29) is 29.3 Å². The molecule has 2 aromatic carbocycles. The van der Waals surface area contributed by atoms with E-state index in [1.165, 1.54) is 28.8 Å². The molecule has 12 rings (SSSR count). The van der Waals surface area contributed by atoms with E-state index in [4.69, 9.17) is 0 Å². The Bertz CT molecular complexity index is 3390. The smallest absolute Gasteiger partial charge is 0.365 e. The lowest BCUT2D eigenvalue weighted by Crippen LogP contribution is -2.48. The maximum Gasteiger partial charge on any atom is 0.416 e. The molecule has 0 unspecified atom stereocenters. The third-order valence-corrected chi connectivity index (χ3v) is 12.0. The van der Waals surface area contributed by atoms with Crippen molar-refractivity contribution >= 4 is 40.5 Å². The maximum absolute atomic E-state index is 13.1. The number of fused-ring (bicyclic) bond motifs is 9. The maximum atomic E-state index is 13.1.